The second-order valence-corrected chi connectivity index (χ2v) is 4.81. The van der Waals surface area contributed by atoms with Gasteiger partial charge in [-0.2, -0.15) is 0 Å². The van der Waals surface area contributed by atoms with Crippen molar-refractivity contribution in [2.45, 2.75) is 0 Å². The van der Waals surface area contributed by atoms with Gasteiger partial charge >= 0.3 is 0 Å². The number of pyridine rings is 1. The minimum atomic E-state index is 0.203. The lowest BCUT2D eigenvalue weighted by Gasteiger charge is -2.11. The van der Waals surface area contributed by atoms with Crippen LogP contribution in [0.25, 0.3) is 10.9 Å². The van der Waals surface area contributed by atoms with Crippen LogP contribution in [-0.2, 0) is 0 Å². The molecule has 0 amide bonds. The minimum Gasteiger partial charge on any atom is -0.393 e. The van der Waals surface area contributed by atoms with Crippen LogP contribution >= 0.6 is 23.2 Å². The number of benzene rings is 1. The van der Waals surface area contributed by atoms with E-state index in [9.17, 15) is 0 Å². The minimum absolute atomic E-state index is 0.203. The van der Waals surface area contributed by atoms with Crippen molar-refractivity contribution in [3.8, 4) is 0 Å². The predicted molar refractivity (Wildman–Crippen MR) is 81.5 cm³/mol. The number of nitrogens with zero attached hydrogens (tertiary/aromatic N) is 3. The van der Waals surface area contributed by atoms with Crippen LogP contribution in [-0.4, -0.2) is 15.0 Å². The number of rotatable bonds is 2. The first kappa shape index (κ1) is 12.9. The van der Waals surface area contributed by atoms with Crippen molar-refractivity contribution in [3.63, 3.8) is 0 Å². The largest absolute Gasteiger partial charge is 0.393 e. The highest BCUT2D eigenvalue weighted by molar-refractivity contribution is 6.36. The zero-order valence-electron chi connectivity index (χ0n) is 10.1. The van der Waals surface area contributed by atoms with Crippen LogP contribution in [0.1, 0.15) is 0 Å². The van der Waals surface area contributed by atoms with E-state index >= 15 is 0 Å². The van der Waals surface area contributed by atoms with Gasteiger partial charge in [0.25, 0.3) is 0 Å². The monoisotopic (exact) mass is 305 g/mol. The van der Waals surface area contributed by atoms with Crippen LogP contribution in [0.2, 0.25) is 10.2 Å². The molecule has 20 heavy (non-hydrogen) atoms. The van der Waals surface area contributed by atoms with E-state index < -0.39 is 0 Å². The van der Waals surface area contributed by atoms with E-state index in [1.165, 1.54) is 6.33 Å². The van der Waals surface area contributed by atoms with Crippen molar-refractivity contribution < 1.29 is 0 Å². The quantitative estimate of drug-likeness (QED) is 0.707. The molecule has 0 fully saturated rings. The molecule has 3 aromatic rings. The fourth-order valence-corrected chi connectivity index (χ4v) is 2.19. The summed E-state index contributed by atoms with van der Waals surface area (Å²) in [6.45, 7) is 0. The zero-order valence-corrected chi connectivity index (χ0v) is 11.7. The van der Waals surface area contributed by atoms with Crippen LogP contribution < -0.4 is 11.1 Å². The van der Waals surface area contributed by atoms with Crippen molar-refractivity contribution in [2.24, 2.45) is 0 Å². The number of nitrogens with one attached hydrogen (secondary N) is 1. The molecule has 0 saturated carbocycles. The number of halogens is 2. The maximum atomic E-state index is 6.15. The molecule has 3 N–H and O–H groups in total. The van der Waals surface area contributed by atoms with Crippen LogP contribution in [0.3, 0.4) is 0 Å². The third kappa shape index (κ3) is 2.21. The summed E-state index contributed by atoms with van der Waals surface area (Å²) < 4.78 is 0. The van der Waals surface area contributed by atoms with Gasteiger partial charge in [0, 0.05) is 11.6 Å². The molecule has 0 aliphatic carbocycles. The Kier molecular flexibility index (Phi) is 3.30. The SMILES string of the molecule is Nc1c(Cl)ncnc1Nc1ccc(Cl)c2cccnc12. The van der Waals surface area contributed by atoms with Gasteiger partial charge in [0.05, 0.1) is 16.2 Å². The number of nitrogen functional groups attached to an aromatic ring is 1. The van der Waals surface area contributed by atoms with Crippen molar-refractivity contribution in [1.29, 1.82) is 0 Å². The van der Waals surface area contributed by atoms with Gasteiger partial charge in [-0.25, -0.2) is 9.97 Å². The maximum absolute atomic E-state index is 6.15. The topological polar surface area (TPSA) is 76.7 Å². The van der Waals surface area contributed by atoms with E-state index in [0.29, 0.717) is 10.8 Å². The van der Waals surface area contributed by atoms with Gasteiger partial charge in [0.15, 0.2) is 11.0 Å². The highest BCUT2D eigenvalue weighted by Gasteiger charge is 2.10. The summed E-state index contributed by atoms with van der Waals surface area (Å²) >= 11 is 12.0. The lowest BCUT2D eigenvalue weighted by molar-refractivity contribution is 1.17. The van der Waals surface area contributed by atoms with E-state index in [-0.39, 0.29) is 10.8 Å². The Labute approximate surface area is 124 Å². The van der Waals surface area contributed by atoms with E-state index in [1.54, 1.807) is 12.3 Å². The summed E-state index contributed by atoms with van der Waals surface area (Å²) in [5, 5.41) is 4.78. The number of hydrogen-bond acceptors (Lipinski definition) is 5. The first-order valence-corrected chi connectivity index (χ1v) is 6.48. The van der Waals surface area contributed by atoms with Crippen molar-refractivity contribution >= 4 is 51.3 Å². The molecule has 5 nitrogen and oxygen atoms in total. The summed E-state index contributed by atoms with van der Waals surface area (Å²) in [7, 11) is 0. The molecular formula is C13H9Cl2N5. The number of fused-ring (bicyclic) bond motifs is 1. The van der Waals surface area contributed by atoms with E-state index in [4.69, 9.17) is 28.9 Å². The first-order valence-electron chi connectivity index (χ1n) is 5.73. The van der Waals surface area contributed by atoms with Gasteiger partial charge in [-0.15, -0.1) is 0 Å². The summed E-state index contributed by atoms with van der Waals surface area (Å²) in [5.74, 6) is 0.430. The molecule has 0 saturated heterocycles. The van der Waals surface area contributed by atoms with Crippen molar-refractivity contribution in [2.75, 3.05) is 11.1 Å². The summed E-state index contributed by atoms with van der Waals surface area (Å²) in [5.41, 5.74) is 7.60. The molecule has 0 spiro atoms. The Bertz CT molecular complexity index is 791. The number of aromatic nitrogens is 3. The Morgan fingerprint density at radius 2 is 1.90 bits per heavy atom. The third-order valence-corrected chi connectivity index (χ3v) is 3.44. The predicted octanol–water partition coefficient (Wildman–Crippen LogP) is 3.66. The Balaban J connectivity index is 2.12. The molecular weight excluding hydrogens is 297 g/mol. The molecule has 2 aromatic heterocycles. The van der Waals surface area contributed by atoms with Gasteiger partial charge in [0.1, 0.15) is 12.0 Å². The second kappa shape index (κ2) is 5.11. The maximum Gasteiger partial charge on any atom is 0.158 e. The molecule has 100 valence electrons. The molecule has 0 unspecified atom stereocenters. The zero-order chi connectivity index (χ0) is 14.1. The highest BCUT2D eigenvalue weighted by atomic mass is 35.5. The fraction of sp³-hybridized carbons (Fsp3) is 0. The summed E-state index contributed by atoms with van der Waals surface area (Å²) in [4.78, 5) is 12.2. The summed E-state index contributed by atoms with van der Waals surface area (Å²) in [6.07, 6.45) is 3.03. The van der Waals surface area contributed by atoms with Gasteiger partial charge < -0.3 is 11.1 Å². The van der Waals surface area contributed by atoms with Crippen LogP contribution in [0.4, 0.5) is 17.2 Å². The van der Waals surface area contributed by atoms with E-state index in [2.05, 4.69) is 20.3 Å². The summed E-state index contributed by atoms with van der Waals surface area (Å²) in [6, 6.07) is 7.32. The molecule has 0 aliphatic rings. The molecule has 0 bridgehead atoms. The van der Waals surface area contributed by atoms with Gasteiger partial charge in [-0.1, -0.05) is 23.2 Å². The van der Waals surface area contributed by atoms with Gasteiger partial charge in [-0.05, 0) is 24.3 Å². The Hall–Kier alpha value is -2.11. The smallest absolute Gasteiger partial charge is 0.158 e. The van der Waals surface area contributed by atoms with Crippen LogP contribution in [0, 0.1) is 0 Å². The normalized spacial score (nSPS) is 10.7. The average molecular weight is 306 g/mol. The number of anilines is 3. The molecule has 7 heteroatoms. The lowest BCUT2D eigenvalue weighted by Crippen LogP contribution is -2.01. The van der Waals surface area contributed by atoms with Gasteiger partial charge in [-0.3, -0.25) is 4.98 Å². The van der Waals surface area contributed by atoms with Crippen LogP contribution in [0.15, 0.2) is 36.8 Å². The third-order valence-electron chi connectivity index (χ3n) is 2.80. The van der Waals surface area contributed by atoms with Crippen molar-refractivity contribution in [1.82, 2.24) is 15.0 Å². The molecule has 3 rings (SSSR count). The fourth-order valence-electron chi connectivity index (χ4n) is 1.84. The molecule has 0 aliphatic heterocycles. The van der Waals surface area contributed by atoms with Crippen molar-refractivity contribution in [3.05, 3.63) is 47.0 Å². The first-order chi connectivity index (χ1) is 9.66. The standard InChI is InChI=1S/C13H9Cl2N5/c14-8-3-4-9(11-7(8)2-1-5-17-11)20-13-10(16)12(15)18-6-19-13/h1-6H,16H2,(H,18,19,20). The van der Waals surface area contributed by atoms with Crippen LogP contribution in [0.5, 0.6) is 0 Å². The average Bonchev–Trinajstić information content (AvgIpc) is 2.47. The number of hydrogen-bond donors (Lipinski definition) is 2. The van der Waals surface area contributed by atoms with E-state index in [1.807, 2.05) is 18.2 Å². The second-order valence-electron chi connectivity index (χ2n) is 4.05. The Morgan fingerprint density at radius 3 is 2.75 bits per heavy atom. The lowest BCUT2D eigenvalue weighted by atomic mass is 10.2. The molecule has 0 atom stereocenters. The Morgan fingerprint density at radius 1 is 1.05 bits per heavy atom. The molecule has 1 aromatic carbocycles. The molecule has 2 heterocycles. The van der Waals surface area contributed by atoms with E-state index in [0.717, 1.165) is 16.6 Å². The highest BCUT2D eigenvalue weighted by Crippen LogP contribution is 2.31. The number of nitrogens with two attached hydrogens (primary N) is 1. The molecule has 0 radical (unpaired) electrons. The van der Waals surface area contributed by atoms with Gasteiger partial charge in [0.2, 0.25) is 0 Å².